The Balaban J connectivity index is 2.09. The van der Waals surface area contributed by atoms with Crippen molar-refractivity contribution in [2.45, 2.75) is 6.54 Å². The smallest absolute Gasteiger partial charge is 0.303 e. The highest BCUT2D eigenvalue weighted by molar-refractivity contribution is 5.76. The van der Waals surface area contributed by atoms with Crippen molar-refractivity contribution in [1.82, 2.24) is 5.43 Å². The summed E-state index contributed by atoms with van der Waals surface area (Å²) in [5, 5.41) is 2.01. The number of nitrogens with zero attached hydrogens (tertiary/aromatic N) is 2. The SMILES string of the molecule is COC1=NCCN(c2ccc(CN)cc2)N1. The molecule has 0 saturated heterocycles. The Morgan fingerprint density at radius 2 is 2.19 bits per heavy atom. The van der Waals surface area contributed by atoms with Gasteiger partial charge in [-0.25, -0.2) is 4.99 Å². The number of rotatable bonds is 2. The van der Waals surface area contributed by atoms with Crippen molar-refractivity contribution in [1.29, 1.82) is 0 Å². The second-order valence-electron chi connectivity index (χ2n) is 3.53. The lowest BCUT2D eigenvalue weighted by molar-refractivity contribution is 0.368. The first kappa shape index (κ1) is 10.8. The molecule has 1 aliphatic rings. The van der Waals surface area contributed by atoms with Crippen LogP contribution in [-0.4, -0.2) is 26.2 Å². The van der Waals surface area contributed by atoms with Crippen molar-refractivity contribution in [3.05, 3.63) is 29.8 Å². The lowest BCUT2D eigenvalue weighted by Gasteiger charge is -2.28. The number of hydrogen-bond acceptors (Lipinski definition) is 5. The quantitative estimate of drug-likeness (QED) is 0.760. The van der Waals surface area contributed by atoms with Gasteiger partial charge in [0, 0.05) is 6.54 Å². The summed E-state index contributed by atoms with van der Waals surface area (Å²) in [7, 11) is 1.60. The van der Waals surface area contributed by atoms with Crippen molar-refractivity contribution in [3.63, 3.8) is 0 Å². The number of benzene rings is 1. The molecule has 3 N–H and O–H groups in total. The average molecular weight is 220 g/mol. The summed E-state index contributed by atoms with van der Waals surface area (Å²) < 4.78 is 5.06. The molecule has 0 radical (unpaired) electrons. The normalized spacial score (nSPS) is 15.4. The van der Waals surface area contributed by atoms with E-state index in [0.717, 1.165) is 24.3 Å². The number of hydrazine groups is 1. The van der Waals surface area contributed by atoms with Crippen LogP contribution in [-0.2, 0) is 11.3 Å². The van der Waals surface area contributed by atoms with Gasteiger partial charge < -0.3 is 10.5 Å². The first-order valence-corrected chi connectivity index (χ1v) is 5.25. The molecule has 1 aromatic carbocycles. The Morgan fingerprint density at radius 1 is 1.44 bits per heavy atom. The van der Waals surface area contributed by atoms with Gasteiger partial charge in [-0.05, 0) is 17.7 Å². The predicted octanol–water partition coefficient (Wildman–Crippen LogP) is 0.472. The Morgan fingerprint density at radius 3 is 2.81 bits per heavy atom. The van der Waals surface area contributed by atoms with Gasteiger partial charge in [-0.15, -0.1) is 0 Å². The molecule has 0 aromatic heterocycles. The van der Waals surface area contributed by atoms with E-state index in [4.69, 9.17) is 10.5 Å². The Kier molecular flexibility index (Phi) is 3.26. The second kappa shape index (κ2) is 4.85. The summed E-state index contributed by atoms with van der Waals surface area (Å²) >= 11 is 0. The summed E-state index contributed by atoms with van der Waals surface area (Å²) in [5.41, 5.74) is 10.9. The van der Waals surface area contributed by atoms with Gasteiger partial charge in [0.15, 0.2) is 0 Å². The predicted molar refractivity (Wildman–Crippen MR) is 64.1 cm³/mol. The van der Waals surface area contributed by atoms with Crippen molar-refractivity contribution in [3.8, 4) is 0 Å². The maximum atomic E-state index is 5.55. The van der Waals surface area contributed by atoms with Gasteiger partial charge in [-0.2, -0.15) is 0 Å². The summed E-state index contributed by atoms with van der Waals surface area (Å²) in [6, 6.07) is 8.67. The lowest BCUT2D eigenvalue weighted by atomic mass is 10.2. The molecule has 86 valence electrons. The highest BCUT2D eigenvalue weighted by Crippen LogP contribution is 2.14. The molecular formula is C11H16N4O. The van der Waals surface area contributed by atoms with Crippen molar-refractivity contribution in [2.75, 3.05) is 25.2 Å². The highest BCUT2D eigenvalue weighted by Gasteiger charge is 2.13. The van der Waals surface area contributed by atoms with Crippen LogP contribution in [0.3, 0.4) is 0 Å². The van der Waals surface area contributed by atoms with Crippen LogP contribution in [0.25, 0.3) is 0 Å². The zero-order valence-electron chi connectivity index (χ0n) is 9.31. The number of nitrogens with two attached hydrogens (primary N) is 1. The third-order valence-corrected chi connectivity index (χ3v) is 2.49. The van der Waals surface area contributed by atoms with E-state index in [0.29, 0.717) is 12.6 Å². The van der Waals surface area contributed by atoms with Crippen LogP contribution in [0.5, 0.6) is 0 Å². The largest absolute Gasteiger partial charge is 0.467 e. The van der Waals surface area contributed by atoms with E-state index in [1.807, 2.05) is 29.3 Å². The van der Waals surface area contributed by atoms with Gasteiger partial charge in [0.1, 0.15) is 0 Å². The maximum Gasteiger partial charge on any atom is 0.303 e. The van der Waals surface area contributed by atoms with Gasteiger partial charge in [0.25, 0.3) is 0 Å². The number of methoxy groups -OCH3 is 1. The minimum atomic E-state index is 0.550. The molecule has 0 fully saturated rings. The molecule has 5 nitrogen and oxygen atoms in total. The molecule has 16 heavy (non-hydrogen) atoms. The fourth-order valence-electron chi connectivity index (χ4n) is 1.57. The highest BCUT2D eigenvalue weighted by atomic mass is 16.5. The lowest BCUT2D eigenvalue weighted by Crippen LogP contribution is -2.48. The van der Waals surface area contributed by atoms with Gasteiger partial charge >= 0.3 is 6.02 Å². The van der Waals surface area contributed by atoms with E-state index >= 15 is 0 Å². The Labute approximate surface area is 94.9 Å². The molecule has 0 bridgehead atoms. The third kappa shape index (κ3) is 2.25. The van der Waals surface area contributed by atoms with E-state index in [-0.39, 0.29) is 0 Å². The van der Waals surface area contributed by atoms with Crippen LogP contribution < -0.4 is 16.2 Å². The summed E-state index contributed by atoms with van der Waals surface area (Å²) in [4.78, 5) is 4.18. The van der Waals surface area contributed by atoms with Crippen LogP contribution in [0.4, 0.5) is 5.69 Å². The van der Waals surface area contributed by atoms with Gasteiger partial charge in [-0.3, -0.25) is 10.4 Å². The van der Waals surface area contributed by atoms with Gasteiger partial charge in [0.2, 0.25) is 0 Å². The fourth-order valence-corrected chi connectivity index (χ4v) is 1.57. The third-order valence-electron chi connectivity index (χ3n) is 2.49. The molecule has 0 aliphatic carbocycles. The van der Waals surface area contributed by atoms with Crippen molar-refractivity contribution >= 4 is 11.7 Å². The summed E-state index contributed by atoms with van der Waals surface area (Å²) in [6.07, 6.45) is 0. The zero-order chi connectivity index (χ0) is 11.4. The Bertz CT molecular complexity index is 374. The van der Waals surface area contributed by atoms with Crippen LogP contribution in [0, 0.1) is 0 Å². The van der Waals surface area contributed by atoms with Crippen molar-refractivity contribution < 1.29 is 4.74 Å². The number of nitrogens with one attached hydrogen (secondary N) is 1. The Hall–Kier alpha value is -1.75. The van der Waals surface area contributed by atoms with Crippen LogP contribution in [0.2, 0.25) is 0 Å². The molecule has 1 aromatic rings. The fraction of sp³-hybridized carbons (Fsp3) is 0.364. The monoisotopic (exact) mass is 220 g/mol. The van der Waals surface area contributed by atoms with Crippen LogP contribution in [0.1, 0.15) is 5.56 Å². The minimum Gasteiger partial charge on any atom is -0.467 e. The summed E-state index contributed by atoms with van der Waals surface area (Å²) in [5.74, 6) is 0. The van der Waals surface area contributed by atoms with Gasteiger partial charge in [0.05, 0.1) is 25.9 Å². The topological polar surface area (TPSA) is 62.9 Å². The molecular weight excluding hydrogens is 204 g/mol. The number of hydrogen-bond donors (Lipinski definition) is 2. The van der Waals surface area contributed by atoms with E-state index in [9.17, 15) is 0 Å². The maximum absolute atomic E-state index is 5.55. The molecule has 0 unspecified atom stereocenters. The van der Waals surface area contributed by atoms with E-state index in [1.165, 1.54) is 0 Å². The zero-order valence-corrected chi connectivity index (χ0v) is 9.31. The average Bonchev–Trinajstić information content (AvgIpc) is 2.39. The molecule has 0 atom stereocenters. The molecule has 0 amide bonds. The van der Waals surface area contributed by atoms with E-state index in [2.05, 4.69) is 10.4 Å². The number of amidine groups is 1. The number of ether oxygens (including phenoxy) is 1. The van der Waals surface area contributed by atoms with Gasteiger partial charge in [-0.1, -0.05) is 12.1 Å². The summed E-state index contributed by atoms with van der Waals surface area (Å²) in [6.45, 7) is 2.13. The van der Waals surface area contributed by atoms with E-state index in [1.54, 1.807) is 7.11 Å². The number of anilines is 1. The molecule has 1 aliphatic heterocycles. The molecule has 5 heteroatoms. The molecule has 2 rings (SSSR count). The standard InChI is InChI=1S/C11H16N4O/c1-16-11-13-6-7-15(14-11)10-4-2-9(8-12)3-5-10/h2-5H,6-8,12H2,1H3,(H,13,14). The van der Waals surface area contributed by atoms with E-state index < -0.39 is 0 Å². The first-order valence-electron chi connectivity index (χ1n) is 5.25. The first-order chi connectivity index (χ1) is 7.83. The van der Waals surface area contributed by atoms with Crippen LogP contribution >= 0.6 is 0 Å². The molecule has 0 saturated carbocycles. The number of aliphatic imine (C=N–C) groups is 1. The molecule has 1 heterocycles. The van der Waals surface area contributed by atoms with Crippen molar-refractivity contribution in [2.24, 2.45) is 10.7 Å². The van der Waals surface area contributed by atoms with Crippen LogP contribution in [0.15, 0.2) is 29.3 Å². The molecule has 0 spiro atoms. The second-order valence-corrected chi connectivity index (χ2v) is 3.53. The minimum absolute atomic E-state index is 0.550.